The Balaban J connectivity index is 1.25. The lowest BCUT2D eigenvalue weighted by Gasteiger charge is -2.33. The molecule has 1 aliphatic heterocycles. The first-order chi connectivity index (χ1) is 17.6. The van der Waals surface area contributed by atoms with Crippen LogP contribution in [0, 0.1) is 0 Å². The molecule has 1 saturated heterocycles. The number of piperazine rings is 1. The number of nitrogens with zero attached hydrogens (tertiary/aromatic N) is 6. The van der Waals surface area contributed by atoms with Gasteiger partial charge < -0.3 is 19.0 Å². The highest BCUT2D eigenvalue weighted by Crippen LogP contribution is 2.30. The number of hydrogen-bond acceptors (Lipinski definition) is 9. The number of para-hydroxylation sites is 1. The first-order valence-electron chi connectivity index (χ1n) is 11.5. The van der Waals surface area contributed by atoms with E-state index in [1.807, 2.05) is 47.0 Å². The lowest BCUT2D eigenvalue weighted by atomic mass is 10.3. The number of carbonyl (C=O) groups is 2. The van der Waals surface area contributed by atoms with E-state index in [4.69, 9.17) is 9.15 Å². The summed E-state index contributed by atoms with van der Waals surface area (Å²) in [6, 6.07) is 13.5. The Morgan fingerprint density at radius 1 is 1.06 bits per heavy atom. The van der Waals surface area contributed by atoms with Crippen LogP contribution in [0.4, 0.5) is 4.79 Å². The van der Waals surface area contributed by atoms with Crippen molar-refractivity contribution in [1.29, 1.82) is 0 Å². The van der Waals surface area contributed by atoms with E-state index < -0.39 is 0 Å². The van der Waals surface area contributed by atoms with Crippen LogP contribution in [-0.2, 0) is 10.5 Å². The Labute approximate surface area is 215 Å². The van der Waals surface area contributed by atoms with Gasteiger partial charge >= 0.3 is 6.09 Å². The third kappa shape index (κ3) is 5.14. The predicted molar refractivity (Wildman–Crippen MR) is 135 cm³/mol. The third-order valence-corrected chi connectivity index (χ3v) is 7.55. The van der Waals surface area contributed by atoms with Crippen LogP contribution < -0.4 is 0 Å². The zero-order valence-electron chi connectivity index (χ0n) is 19.6. The summed E-state index contributed by atoms with van der Waals surface area (Å²) in [6.45, 7) is 3.92. The second kappa shape index (κ2) is 11.0. The van der Waals surface area contributed by atoms with Gasteiger partial charge in [0.25, 0.3) is 5.91 Å². The monoisotopic (exact) mass is 524 g/mol. The maximum Gasteiger partial charge on any atom is 0.409 e. The van der Waals surface area contributed by atoms with Gasteiger partial charge in [0, 0.05) is 37.2 Å². The van der Waals surface area contributed by atoms with Gasteiger partial charge in [0.15, 0.2) is 10.9 Å². The number of thiazole rings is 1. The van der Waals surface area contributed by atoms with Gasteiger partial charge in [0.2, 0.25) is 5.82 Å². The zero-order valence-corrected chi connectivity index (χ0v) is 21.2. The average molecular weight is 525 g/mol. The summed E-state index contributed by atoms with van der Waals surface area (Å²) in [7, 11) is 0. The quantitative estimate of drug-likeness (QED) is 0.331. The summed E-state index contributed by atoms with van der Waals surface area (Å²) in [4.78, 5) is 32.8. The summed E-state index contributed by atoms with van der Waals surface area (Å²) in [6.07, 6.45) is 1.27. The van der Waals surface area contributed by atoms with Gasteiger partial charge in [-0.15, -0.1) is 21.5 Å². The van der Waals surface area contributed by atoms with Crippen molar-refractivity contribution < 1.29 is 18.7 Å². The Morgan fingerprint density at radius 3 is 2.56 bits per heavy atom. The molecule has 1 aromatic carbocycles. The van der Waals surface area contributed by atoms with Crippen molar-refractivity contribution in [2.24, 2.45) is 0 Å². The van der Waals surface area contributed by atoms with Crippen molar-refractivity contribution in [2.75, 3.05) is 32.8 Å². The van der Waals surface area contributed by atoms with Crippen LogP contribution >= 0.6 is 23.1 Å². The number of amides is 2. The maximum atomic E-state index is 13.0. The Hall–Kier alpha value is -3.64. The zero-order chi connectivity index (χ0) is 24.9. The molecule has 0 spiro atoms. The lowest BCUT2D eigenvalue weighted by molar-refractivity contribution is 0.0566. The predicted octanol–water partition coefficient (Wildman–Crippen LogP) is 4.19. The average Bonchev–Trinajstić information content (AvgIpc) is 3.68. The molecule has 0 atom stereocenters. The van der Waals surface area contributed by atoms with Gasteiger partial charge in [0.05, 0.1) is 18.6 Å². The smallest absolute Gasteiger partial charge is 0.409 e. The number of aromatic nitrogens is 4. The molecular weight excluding hydrogens is 500 g/mol. The SMILES string of the molecule is CCOC(=O)N1CCN(C(=O)c2csc(CSc3nnc(-c4ccco4)n3-c3ccccc3)n2)CC1. The van der Waals surface area contributed by atoms with E-state index in [0.29, 0.717) is 61.0 Å². The molecule has 0 aliphatic carbocycles. The highest BCUT2D eigenvalue weighted by Gasteiger charge is 2.27. The molecule has 0 bridgehead atoms. The Kier molecular flexibility index (Phi) is 7.33. The molecule has 36 heavy (non-hydrogen) atoms. The first kappa shape index (κ1) is 24.1. The van der Waals surface area contributed by atoms with Gasteiger partial charge in [-0.1, -0.05) is 30.0 Å². The van der Waals surface area contributed by atoms with Crippen LogP contribution in [0.1, 0.15) is 22.4 Å². The van der Waals surface area contributed by atoms with Gasteiger partial charge in [-0.05, 0) is 31.2 Å². The molecule has 4 heterocycles. The number of benzene rings is 1. The van der Waals surface area contributed by atoms with Crippen LogP contribution in [-0.4, -0.2) is 74.3 Å². The molecule has 3 aromatic heterocycles. The molecule has 1 aliphatic rings. The fourth-order valence-electron chi connectivity index (χ4n) is 3.81. The van der Waals surface area contributed by atoms with Gasteiger partial charge in [-0.25, -0.2) is 9.78 Å². The lowest BCUT2D eigenvalue weighted by Crippen LogP contribution is -2.50. The Morgan fingerprint density at radius 2 is 1.83 bits per heavy atom. The topological polar surface area (TPSA) is 107 Å². The molecule has 0 radical (unpaired) electrons. The standard InChI is InChI=1S/C24H24N6O4S2/c1-2-33-24(32)29-12-10-28(11-13-29)22(31)18-15-35-20(25-18)16-36-23-27-26-21(19-9-6-14-34-19)30(23)17-7-4-3-5-8-17/h3-9,14-15H,2,10-13,16H2,1H3. The fraction of sp³-hybridized carbons (Fsp3) is 0.292. The minimum atomic E-state index is -0.337. The normalized spacial score (nSPS) is 13.7. The molecule has 186 valence electrons. The van der Waals surface area contributed by atoms with Crippen molar-refractivity contribution in [3.05, 3.63) is 64.8 Å². The Bertz CT molecular complexity index is 1310. The van der Waals surface area contributed by atoms with E-state index in [1.54, 1.807) is 28.4 Å². The van der Waals surface area contributed by atoms with Crippen LogP contribution in [0.5, 0.6) is 0 Å². The van der Waals surface area contributed by atoms with Gasteiger partial charge in [-0.3, -0.25) is 9.36 Å². The maximum absolute atomic E-state index is 13.0. The molecule has 5 rings (SSSR count). The number of rotatable bonds is 7. The number of furan rings is 1. The van der Waals surface area contributed by atoms with E-state index in [1.165, 1.54) is 23.1 Å². The van der Waals surface area contributed by atoms with Crippen LogP contribution in [0.3, 0.4) is 0 Å². The molecule has 2 amide bonds. The molecule has 1 fully saturated rings. The number of hydrogen-bond donors (Lipinski definition) is 0. The highest BCUT2D eigenvalue weighted by atomic mass is 32.2. The largest absolute Gasteiger partial charge is 0.461 e. The van der Waals surface area contributed by atoms with Gasteiger partial charge in [-0.2, -0.15) is 0 Å². The number of thioether (sulfide) groups is 1. The third-order valence-electron chi connectivity index (χ3n) is 5.58. The minimum absolute atomic E-state index is 0.126. The summed E-state index contributed by atoms with van der Waals surface area (Å²) >= 11 is 2.93. The summed E-state index contributed by atoms with van der Waals surface area (Å²) in [5.41, 5.74) is 1.34. The molecule has 10 nitrogen and oxygen atoms in total. The van der Waals surface area contributed by atoms with Gasteiger partial charge in [0.1, 0.15) is 10.7 Å². The van der Waals surface area contributed by atoms with Crippen molar-refractivity contribution in [1.82, 2.24) is 29.5 Å². The van der Waals surface area contributed by atoms with E-state index in [9.17, 15) is 9.59 Å². The molecular formula is C24H24N6O4S2. The van der Waals surface area contributed by atoms with Crippen molar-refractivity contribution in [3.8, 4) is 17.3 Å². The summed E-state index contributed by atoms with van der Waals surface area (Å²) in [5.74, 6) is 1.66. The molecule has 4 aromatic rings. The highest BCUT2D eigenvalue weighted by molar-refractivity contribution is 7.98. The molecule has 0 saturated carbocycles. The van der Waals surface area contributed by atoms with E-state index in [2.05, 4.69) is 15.2 Å². The second-order valence-electron chi connectivity index (χ2n) is 7.85. The number of ether oxygens (including phenoxy) is 1. The van der Waals surface area contributed by atoms with Crippen molar-refractivity contribution in [2.45, 2.75) is 17.8 Å². The fourth-order valence-corrected chi connectivity index (χ4v) is 5.55. The minimum Gasteiger partial charge on any atom is -0.461 e. The summed E-state index contributed by atoms with van der Waals surface area (Å²) < 4.78 is 12.6. The molecule has 0 N–H and O–H groups in total. The number of carbonyl (C=O) groups excluding carboxylic acids is 2. The van der Waals surface area contributed by atoms with Crippen molar-refractivity contribution >= 4 is 35.1 Å². The van der Waals surface area contributed by atoms with E-state index >= 15 is 0 Å². The molecule has 12 heteroatoms. The first-order valence-corrected chi connectivity index (χ1v) is 13.3. The molecule has 0 unspecified atom stereocenters. The van der Waals surface area contributed by atoms with E-state index in [-0.39, 0.29) is 12.0 Å². The van der Waals surface area contributed by atoms with Crippen LogP contribution in [0.15, 0.2) is 63.7 Å². The van der Waals surface area contributed by atoms with Crippen LogP contribution in [0.25, 0.3) is 17.3 Å². The van der Waals surface area contributed by atoms with E-state index in [0.717, 1.165) is 10.7 Å². The van der Waals surface area contributed by atoms with Crippen LogP contribution in [0.2, 0.25) is 0 Å². The van der Waals surface area contributed by atoms with Crippen molar-refractivity contribution in [3.63, 3.8) is 0 Å². The second-order valence-corrected chi connectivity index (χ2v) is 9.73. The summed E-state index contributed by atoms with van der Waals surface area (Å²) in [5, 5.41) is 12.0.